The molecule has 7 rings (SSSR count). The molecule has 0 aliphatic carbocycles. The molecule has 0 saturated carbocycles. The number of fused-ring (bicyclic) bond motifs is 2. The van der Waals surface area contributed by atoms with Crippen molar-refractivity contribution >= 4 is 49.8 Å². The Hall–Kier alpha value is -4.13. The quantitative estimate of drug-likeness (QED) is 0.212. The first-order valence-corrected chi connectivity index (χ1v) is 14.3. The van der Waals surface area contributed by atoms with Crippen molar-refractivity contribution in [1.29, 1.82) is 0 Å². The Morgan fingerprint density at radius 1 is 0.538 bits per heavy atom. The molecule has 1 spiro atoms. The highest BCUT2D eigenvalue weighted by molar-refractivity contribution is 9.10. The molecule has 0 N–H and O–H groups in total. The lowest BCUT2D eigenvalue weighted by atomic mass is 9.93. The van der Waals surface area contributed by atoms with Crippen molar-refractivity contribution in [1.82, 2.24) is 0 Å². The van der Waals surface area contributed by atoms with Crippen LogP contribution < -0.4 is 10.0 Å². The monoisotopic (exact) mass is 586 g/mol. The van der Waals surface area contributed by atoms with Gasteiger partial charge in [0.15, 0.2) is 0 Å². The van der Waals surface area contributed by atoms with Crippen molar-refractivity contribution in [3.05, 3.63) is 166 Å². The molecule has 188 valence electrons. The Morgan fingerprint density at radius 2 is 1.08 bits per heavy atom. The number of hydrogen-bond acceptors (Lipinski definition) is 5. The molecular weight excluding hydrogens is 564 g/mol. The van der Waals surface area contributed by atoms with Crippen LogP contribution in [-0.2, 0) is 4.99 Å². The zero-order valence-electron chi connectivity index (χ0n) is 20.9. The molecule has 2 heterocycles. The van der Waals surface area contributed by atoms with E-state index < -0.39 is 4.99 Å². The van der Waals surface area contributed by atoms with Crippen molar-refractivity contribution in [2.75, 3.05) is 10.0 Å². The molecular formula is C33H23BrN4S. The fraction of sp³-hybridized carbons (Fsp3) is 0.0303. The Kier molecular flexibility index (Phi) is 6.06. The SMILES string of the molecule is Brc1ccc(C2=NN(c3ccccc3)[C@]3(SC(c4ccccc4)=NN3c3ccccc3)c3ccccc32)cc1. The van der Waals surface area contributed by atoms with E-state index >= 15 is 0 Å². The minimum absolute atomic E-state index is 0.788. The van der Waals surface area contributed by atoms with Gasteiger partial charge in [0.1, 0.15) is 5.04 Å². The summed E-state index contributed by atoms with van der Waals surface area (Å²) in [6.45, 7) is 0. The average Bonchev–Trinajstić information content (AvgIpc) is 3.40. The Morgan fingerprint density at radius 3 is 1.72 bits per heavy atom. The van der Waals surface area contributed by atoms with Gasteiger partial charge in [-0.2, -0.15) is 10.2 Å². The maximum Gasteiger partial charge on any atom is 0.234 e. The molecule has 2 aliphatic heterocycles. The molecule has 0 bridgehead atoms. The van der Waals surface area contributed by atoms with Crippen LogP contribution in [0.1, 0.15) is 22.3 Å². The van der Waals surface area contributed by atoms with E-state index in [0.717, 1.165) is 48.9 Å². The van der Waals surface area contributed by atoms with Crippen LogP contribution in [0, 0.1) is 0 Å². The van der Waals surface area contributed by atoms with Crippen LogP contribution in [0.25, 0.3) is 0 Å². The normalized spacial score (nSPS) is 18.1. The van der Waals surface area contributed by atoms with E-state index in [4.69, 9.17) is 10.2 Å². The summed E-state index contributed by atoms with van der Waals surface area (Å²) >= 11 is 5.31. The lowest BCUT2D eigenvalue weighted by molar-refractivity contribution is 0.550. The number of para-hydroxylation sites is 2. The molecule has 0 fully saturated rings. The maximum absolute atomic E-state index is 5.43. The second-order valence-electron chi connectivity index (χ2n) is 9.28. The first kappa shape index (κ1) is 23.9. The summed E-state index contributed by atoms with van der Waals surface area (Å²) in [6.07, 6.45) is 0. The van der Waals surface area contributed by atoms with Gasteiger partial charge in [-0.05, 0) is 48.2 Å². The number of benzene rings is 5. The van der Waals surface area contributed by atoms with E-state index in [-0.39, 0.29) is 0 Å². The zero-order valence-corrected chi connectivity index (χ0v) is 23.3. The highest BCUT2D eigenvalue weighted by Crippen LogP contribution is 2.55. The predicted octanol–water partition coefficient (Wildman–Crippen LogP) is 8.45. The Balaban J connectivity index is 1.52. The molecule has 1 atom stereocenters. The number of thioether (sulfide) groups is 1. The number of anilines is 2. The summed E-state index contributed by atoms with van der Waals surface area (Å²) in [4.78, 5) is -0.788. The molecule has 0 saturated heterocycles. The van der Waals surface area contributed by atoms with E-state index in [1.165, 1.54) is 0 Å². The average molecular weight is 588 g/mol. The summed E-state index contributed by atoms with van der Waals surface area (Å²) in [5, 5.41) is 15.9. The molecule has 5 aromatic carbocycles. The van der Waals surface area contributed by atoms with E-state index in [9.17, 15) is 0 Å². The molecule has 0 aromatic heterocycles. The summed E-state index contributed by atoms with van der Waals surface area (Å²) in [6, 6.07) is 48.1. The highest BCUT2D eigenvalue weighted by atomic mass is 79.9. The van der Waals surface area contributed by atoms with Gasteiger partial charge in [-0.1, -0.05) is 119 Å². The minimum Gasteiger partial charge on any atom is -0.223 e. The second kappa shape index (κ2) is 9.88. The van der Waals surface area contributed by atoms with Crippen molar-refractivity contribution in [3.63, 3.8) is 0 Å². The minimum atomic E-state index is -0.788. The summed E-state index contributed by atoms with van der Waals surface area (Å²) in [7, 11) is 0. The van der Waals surface area contributed by atoms with Crippen LogP contribution in [0.3, 0.4) is 0 Å². The highest BCUT2D eigenvalue weighted by Gasteiger charge is 2.55. The maximum atomic E-state index is 5.43. The molecule has 5 aromatic rings. The molecule has 6 heteroatoms. The predicted molar refractivity (Wildman–Crippen MR) is 166 cm³/mol. The fourth-order valence-electron chi connectivity index (χ4n) is 5.09. The van der Waals surface area contributed by atoms with Gasteiger partial charge in [-0.15, -0.1) is 0 Å². The molecule has 0 amide bonds. The first-order valence-electron chi connectivity index (χ1n) is 12.7. The third-order valence-electron chi connectivity index (χ3n) is 6.88. The van der Waals surface area contributed by atoms with Gasteiger partial charge in [-0.25, -0.2) is 10.0 Å². The van der Waals surface area contributed by atoms with Gasteiger partial charge in [0, 0.05) is 26.7 Å². The summed E-state index contributed by atoms with van der Waals surface area (Å²) in [5.74, 6) is 0. The zero-order chi connectivity index (χ0) is 26.2. The summed E-state index contributed by atoms with van der Waals surface area (Å²) < 4.78 is 1.04. The lowest BCUT2D eigenvalue weighted by Gasteiger charge is -2.47. The second-order valence-corrected chi connectivity index (χ2v) is 11.4. The van der Waals surface area contributed by atoms with Crippen molar-refractivity contribution < 1.29 is 0 Å². The van der Waals surface area contributed by atoms with Crippen molar-refractivity contribution in [2.45, 2.75) is 4.99 Å². The van der Waals surface area contributed by atoms with Crippen LogP contribution in [-0.4, -0.2) is 10.8 Å². The summed E-state index contributed by atoms with van der Waals surface area (Å²) in [5.41, 5.74) is 7.26. The molecule has 39 heavy (non-hydrogen) atoms. The van der Waals surface area contributed by atoms with E-state index in [0.29, 0.717) is 0 Å². The van der Waals surface area contributed by atoms with Gasteiger partial charge >= 0.3 is 0 Å². The number of rotatable bonds is 4. The molecule has 4 nitrogen and oxygen atoms in total. The standard InChI is InChI=1S/C33H23BrN4S/c34-26-22-20-24(21-23-26)31-29-18-10-11-19-30(29)33(37(35-31)27-14-6-2-7-15-27)38(28-16-8-3-9-17-28)36-32(39-33)25-12-4-1-5-13-25/h1-23H/t33-/m1/s1. The largest absolute Gasteiger partial charge is 0.234 e. The van der Waals surface area contributed by atoms with E-state index in [1.54, 1.807) is 11.8 Å². The Labute approximate surface area is 240 Å². The first-order chi connectivity index (χ1) is 19.2. The smallest absolute Gasteiger partial charge is 0.223 e. The van der Waals surface area contributed by atoms with Crippen LogP contribution in [0.15, 0.2) is 154 Å². The van der Waals surface area contributed by atoms with Crippen LogP contribution in [0.4, 0.5) is 11.4 Å². The number of hydrogen-bond donors (Lipinski definition) is 0. The van der Waals surface area contributed by atoms with E-state index in [2.05, 4.69) is 147 Å². The van der Waals surface area contributed by atoms with E-state index in [1.807, 2.05) is 18.2 Å². The molecule has 2 aliphatic rings. The lowest BCUT2D eigenvalue weighted by Crippen LogP contribution is -2.54. The van der Waals surface area contributed by atoms with Crippen molar-refractivity contribution in [3.8, 4) is 0 Å². The van der Waals surface area contributed by atoms with Crippen LogP contribution in [0.2, 0.25) is 0 Å². The van der Waals surface area contributed by atoms with Crippen LogP contribution >= 0.6 is 27.7 Å². The van der Waals surface area contributed by atoms with Crippen molar-refractivity contribution in [2.24, 2.45) is 10.2 Å². The van der Waals surface area contributed by atoms with Gasteiger partial charge in [0.25, 0.3) is 0 Å². The number of nitrogens with zero attached hydrogens (tertiary/aromatic N) is 4. The van der Waals surface area contributed by atoms with Gasteiger partial charge in [0.2, 0.25) is 4.99 Å². The Bertz CT molecular complexity index is 1690. The van der Waals surface area contributed by atoms with Crippen LogP contribution in [0.5, 0.6) is 0 Å². The third kappa shape index (κ3) is 4.08. The number of halogens is 1. The number of hydrazone groups is 2. The molecule has 0 radical (unpaired) electrons. The van der Waals surface area contributed by atoms with Gasteiger partial charge < -0.3 is 0 Å². The topological polar surface area (TPSA) is 31.2 Å². The fourth-order valence-corrected chi connectivity index (χ4v) is 6.75. The van der Waals surface area contributed by atoms with Gasteiger partial charge in [-0.3, -0.25) is 0 Å². The third-order valence-corrected chi connectivity index (χ3v) is 8.77. The van der Waals surface area contributed by atoms with Gasteiger partial charge in [0.05, 0.1) is 17.1 Å². The molecule has 0 unspecified atom stereocenters.